The predicted octanol–water partition coefficient (Wildman–Crippen LogP) is 2.29. The number of halogens is 3. The third-order valence-electron chi connectivity index (χ3n) is 3.48. The zero-order chi connectivity index (χ0) is 15.8. The van der Waals surface area contributed by atoms with Gasteiger partial charge in [0.15, 0.2) is 0 Å². The molecule has 1 saturated heterocycles. The van der Waals surface area contributed by atoms with Crippen molar-refractivity contribution in [1.82, 2.24) is 0 Å². The molecule has 0 saturated carbocycles. The number of carboxylic acid groups (broad SMARTS) is 1. The summed E-state index contributed by atoms with van der Waals surface area (Å²) in [6, 6.07) is 5.34. The van der Waals surface area contributed by atoms with E-state index in [2.05, 4.69) is 0 Å². The van der Waals surface area contributed by atoms with E-state index in [9.17, 15) is 28.1 Å². The van der Waals surface area contributed by atoms with Crippen LogP contribution in [0.3, 0.4) is 0 Å². The Morgan fingerprint density at radius 1 is 1.33 bits per heavy atom. The summed E-state index contributed by atoms with van der Waals surface area (Å²) >= 11 is 0. The molecule has 1 heterocycles. The number of aliphatic carboxylic acids is 1. The molecule has 0 radical (unpaired) electrons. The Bertz CT molecular complexity index is 576. The number of carbonyl (C=O) groups is 1. The molecule has 2 atom stereocenters. The minimum Gasteiger partial charge on any atom is -0.481 e. The van der Waals surface area contributed by atoms with Crippen LogP contribution in [0.4, 0.5) is 24.5 Å². The lowest BCUT2D eigenvalue weighted by molar-refractivity contribution is -0.384. The predicted molar refractivity (Wildman–Crippen MR) is 66.0 cm³/mol. The Kier molecular flexibility index (Phi) is 3.75. The summed E-state index contributed by atoms with van der Waals surface area (Å²) in [7, 11) is 0. The molecule has 0 aromatic heterocycles. The van der Waals surface area contributed by atoms with Gasteiger partial charge in [0, 0.05) is 19.2 Å². The van der Waals surface area contributed by atoms with Gasteiger partial charge in [-0.25, -0.2) is 0 Å². The van der Waals surface area contributed by atoms with Gasteiger partial charge in [-0.15, -0.1) is 0 Å². The summed E-state index contributed by atoms with van der Waals surface area (Å²) in [6.45, 7) is -1.02. The lowest BCUT2D eigenvalue weighted by atomic mass is 9.96. The van der Waals surface area contributed by atoms with Crippen molar-refractivity contribution in [2.45, 2.75) is 6.18 Å². The average molecular weight is 304 g/mol. The van der Waals surface area contributed by atoms with E-state index in [1.165, 1.54) is 24.3 Å². The monoisotopic (exact) mass is 304 g/mol. The number of hydrogen-bond donors (Lipinski definition) is 1. The molecule has 0 unspecified atom stereocenters. The van der Waals surface area contributed by atoms with E-state index >= 15 is 0 Å². The van der Waals surface area contributed by atoms with Gasteiger partial charge in [-0.1, -0.05) is 12.1 Å². The van der Waals surface area contributed by atoms with Gasteiger partial charge in [-0.3, -0.25) is 14.9 Å². The Morgan fingerprint density at radius 3 is 2.43 bits per heavy atom. The van der Waals surface area contributed by atoms with E-state index in [1.807, 2.05) is 0 Å². The van der Waals surface area contributed by atoms with E-state index in [1.54, 1.807) is 0 Å². The fraction of sp³-hybridized carbons (Fsp3) is 0.417. The Hall–Kier alpha value is -2.32. The molecule has 0 bridgehead atoms. The van der Waals surface area contributed by atoms with Crippen molar-refractivity contribution in [2.75, 3.05) is 18.0 Å². The number of nitrogens with zero attached hydrogens (tertiary/aromatic N) is 2. The smallest absolute Gasteiger partial charge is 0.394 e. The quantitative estimate of drug-likeness (QED) is 0.684. The number of para-hydroxylation sites is 2. The van der Waals surface area contributed by atoms with Crippen molar-refractivity contribution >= 4 is 17.3 Å². The second-order valence-electron chi connectivity index (χ2n) is 4.74. The fourth-order valence-corrected chi connectivity index (χ4v) is 2.47. The first kappa shape index (κ1) is 15.1. The SMILES string of the molecule is O=C(O)[C@@H]1CN(c2ccccc2[N+](=O)[O-])C[C@H]1C(F)(F)F. The lowest BCUT2D eigenvalue weighted by Gasteiger charge is -2.19. The van der Waals surface area contributed by atoms with Crippen LogP contribution < -0.4 is 4.90 Å². The van der Waals surface area contributed by atoms with Crippen LogP contribution in [0.15, 0.2) is 24.3 Å². The van der Waals surface area contributed by atoms with E-state index in [4.69, 9.17) is 5.11 Å². The maximum atomic E-state index is 12.9. The molecule has 114 valence electrons. The molecule has 1 aromatic rings. The molecule has 2 rings (SSSR count). The molecule has 1 aromatic carbocycles. The molecule has 0 aliphatic carbocycles. The van der Waals surface area contributed by atoms with Crippen molar-refractivity contribution in [2.24, 2.45) is 11.8 Å². The van der Waals surface area contributed by atoms with E-state index in [0.29, 0.717) is 0 Å². The van der Waals surface area contributed by atoms with Crippen molar-refractivity contribution < 1.29 is 28.0 Å². The summed E-state index contributed by atoms with van der Waals surface area (Å²) in [5.41, 5.74) is -0.343. The number of nitro groups is 1. The van der Waals surface area contributed by atoms with Crippen molar-refractivity contribution in [3.63, 3.8) is 0 Å². The number of rotatable bonds is 3. The summed E-state index contributed by atoms with van der Waals surface area (Å²) in [5, 5.41) is 19.8. The van der Waals surface area contributed by atoms with Crippen molar-refractivity contribution in [3.8, 4) is 0 Å². The van der Waals surface area contributed by atoms with Gasteiger partial charge in [0.1, 0.15) is 5.69 Å². The van der Waals surface area contributed by atoms with Crippen molar-refractivity contribution in [1.29, 1.82) is 0 Å². The molecule has 1 fully saturated rings. The van der Waals surface area contributed by atoms with Gasteiger partial charge < -0.3 is 10.0 Å². The Labute approximate surface area is 116 Å². The highest BCUT2D eigenvalue weighted by Gasteiger charge is 2.53. The standard InChI is InChI=1S/C12H11F3N2O4/c13-12(14,15)8-6-16(5-7(8)11(18)19)9-3-1-2-4-10(9)17(20)21/h1-4,7-8H,5-6H2,(H,18,19)/t7-,8-/m1/s1. The van der Waals surface area contributed by atoms with Gasteiger partial charge in [-0.2, -0.15) is 13.2 Å². The molecule has 21 heavy (non-hydrogen) atoms. The first-order valence-corrected chi connectivity index (χ1v) is 5.99. The molecule has 1 N–H and O–H groups in total. The molecule has 9 heteroatoms. The number of alkyl halides is 3. The molecular formula is C12H11F3N2O4. The number of anilines is 1. The number of benzene rings is 1. The van der Waals surface area contributed by atoms with Gasteiger partial charge in [-0.05, 0) is 6.07 Å². The number of nitro benzene ring substituents is 1. The molecule has 0 amide bonds. The summed E-state index contributed by atoms with van der Waals surface area (Å²) in [4.78, 5) is 22.3. The van der Waals surface area contributed by atoms with Crippen LogP contribution in [-0.4, -0.2) is 35.3 Å². The number of carboxylic acids is 1. The van der Waals surface area contributed by atoms with Crippen LogP contribution in [0.25, 0.3) is 0 Å². The third-order valence-corrected chi connectivity index (χ3v) is 3.48. The van der Waals surface area contributed by atoms with Gasteiger partial charge in [0.25, 0.3) is 5.69 Å². The average Bonchev–Trinajstić information content (AvgIpc) is 2.83. The highest BCUT2D eigenvalue weighted by molar-refractivity contribution is 5.74. The molecule has 1 aliphatic heterocycles. The zero-order valence-corrected chi connectivity index (χ0v) is 10.6. The van der Waals surface area contributed by atoms with E-state index in [0.717, 1.165) is 4.90 Å². The van der Waals surface area contributed by atoms with Crippen LogP contribution in [-0.2, 0) is 4.79 Å². The summed E-state index contributed by atoms with van der Waals surface area (Å²) < 4.78 is 38.7. The van der Waals surface area contributed by atoms with Crippen LogP contribution >= 0.6 is 0 Å². The second kappa shape index (κ2) is 5.23. The van der Waals surface area contributed by atoms with Gasteiger partial charge in [0.05, 0.1) is 16.8 Å². The molecule has 0 spiro atoms. The van der Waals surface area contributed by atoms with Crippen LogP contribution in [0.1, 0.15) is 0 Å². The van der Waals surface area contributed by atoms with Gasteiger partial charge >= 0.3 is 12.1 Å². The van der Waals surface area contributed by atoms with Crippen LogP contribution in [0.5, 0.6) is 0 Å². The van der Waals surface area contributed by atoms with Gasteiger partial charge in [0.2, 0.25) is 0 Å². The summed E-state index contributed by atoms with van der Waals surface area (Å²) in [6.07, 6.45) is -4.67. The van der Waals surface area contributed by atoms with Crippen LogP contribution in [0, 0.1) is 22.0 Å². The number of hydrogen-bond acceptors (Lipinski definition) is 4. The third kappa shape index (κ3) is 2.91. The maximum Gasteiger partial charge on any atom is 0.394 e. The Morgan fingerprint density at radius 2 is 1.95 bits per heavy atom. The zero-order valence-electron chi connectivity index (χ0n) is 10.6. The first-order chi connectivity index (χ1) is 9.71. The second-order valence-corrected chi connectivity index (χ2v) is 4.74. The summed E-state index contributed by atoms with van der Waals surface area (Å²) in [5.74, 6) is -5.24. The lowest BCUT2D eigenvalue weighted by Crippen LogP contribution is -2.33. The van der Waals surface area contributed by atoms with Crippen LogP contribution in [0.2, 0.25) is 0 Å². The largest absolute Gasteiger partial charge is 0.481 e. The fourth-order valence-electron chi connectivity index (χ4n) is 2.47. The Balaban J connectivity index is 2.36. The van der Waals surface area contributed by atoms with Crippen molar-refractivity contribution in [3.05, 3.63) is 34.4 Å². The normalized spacial score (nSPS) is 22.3. The minimum atomic E-state index is -4.67. The molecular weight excluding hydrogens is 293 g/mol. The molecule has 1 aliphatic rings. The van der Waals surface area contributed by atoms with E-state index < -0.39 is 42.0 Å². The minimum absolute atomic E-state index is 0.000463. The maximum absolute atomic E-state index is 12.9. The molecule has 6 nitrogen and oxygen atoms in total. The highest BCUT2D eigenvalue weighted by atomic mass is 19.4. The van der Waals surface area contributed by atoms with E-state index in [-0.39, 0.29) is 11.4 Å². The first-order valence-electron chi connectivity index (χ1n) is 5.99. The topological polar surface area (TPSA) is 83.7 Å². The highest BCUT2D eigenvalue weighted by Crippen LogP contribution is 2.41.